The topological polar surface area (TPSA) is 90.7 Å². The number of hydrogen-bond donors (Lipinski definition) is 2. The number of carboxylic acids is 2. The lowest BCUT2D eigenvalue weighted by atomic mass is 10.1. The predicted octanol–water partition coefficient (Wildman–Crippen LogP) is 3.73. The van der Waals surface area contributed by atoms with E-state index in [9.17, 15) is 9.59 Å². The molecule has 6 heteroatoms. The van der Waals surface area contributed by atoms with E-state index in [1.165, 1.54) is 24.9 Å². The number of carboxylic acid groups (broad SMARTS) is 2. The summed E-state index contributed by atoms with van der Waals surface area (Å²) < 4.78 is 0. The molecule has 1 aromatic heterocycles. The van der Waals surface area contributed by atoms with Gasteiger partial charge in [0.2, 0.25) is 0 Å². The minimum atomic E-state index is -0.759. The number of pyridine rings is 1. The lowest BCUT2D eigenvalue weighted by molar-refractivity contribution is -0.138. The number of nitrogens with zero attached hydrogens (tertiary/aromatic N) is 2. The van der Waals surface area contributed by atoms with E-state index in [0.717, 1.165) is 19.3 Å². The van der Waals surface area contributed by atoms with Crippen molar-refractivity contribution in [2.24, 2.45) is 0 Å². The van der Waals surface area contributed by atoms with Crippen molar-refractivity contribution in [3.8, 4) is 0 Å². The van der Waals surface area contributed by atoms with Gasteiger partial charge in [-0.15, -0.1) is 0 Å². The summed E-state index contributed by atoms with van der Waals surface area (Å²) in [6.07, 6.45) is 10.9. The molecule has 1 saturated heterocycles. The molecule has 0 aliphatic carbocycles. The van der Waals surface area contributed by atoms with Crippen molar-refractivity contribution in [3.63, 3.8) is 0 Å². The van der Waals surface area contributed by atoms with Gasteiger partial charge in [0, 0.05) is 31.3 Å². The highest BCUT2D eigenvalue weighted by atomic mass is 16.4. The SMILES string of the molecule is CN1CCCC1c1cccnc1.O=C(O)CCCCCCCC(=O)O. The molecule has 0 bridgehead atoms. The van der Waals surface area contributed by atoms with Crippen LogP contribution in [0, 0.1) is 0 Å². The Morgan fingerprint density at radius 1 is 1.12 bits per heavy atom. The molecule has 0 saturated carbocycles. The van der Waals surface area contributed by atoms with Crippen LogP contribution in [0.2, 0.25) is 0 Å². The van der Waals surface area contributed by atoms with Crippen molar-refractivity contribution in [3.05, 3.63) is 30.1 Å². The minimum Gasteiger partial charge on any atom is -0.481 e. The highest BCUT2D eigenvalue weighted by molar-refractivity contribution is 5.66. The second-order valence-corrected chi connectivity index (χ2v) is 6.48. The summed E-state index contributed by atoms with van der Waals surface area (Å²) in [6, 6.07) is 4.79. The summed E-state index contributed by atoms with van der Waals surface area (Å²) in [6.45, 7) is 1.22. The van der Waals surface area contributed by atoms with Gasteiger partial charge in [-0.3, -0.25) is 19.5 Å². The Balaban J connectivity index is 0.000000250. The Kier molecular flexibility index (Phi) is 10.5. The molecule has 1 aliphatic rings. The fourth-order valence-corrected chi connectivity index (χ4v) is 2.99. The lowest BCUT2D eigenvalue weighted by Crippen LogP contribution is -2.17. The van der Waals surface area contributed by atoms with Gasteiger partial charge in [0.25, 0.3) is 0 Å². The van der Waals surface area contributed by atoms with Gasteiger partial charge in [0.05, 0.1) is 0 Å². The Morgan fingerprint density at radius 2 is 1.72 bits per heavy atom. The van der Waals surface area contributed by atoms with E-state index in [2.05, 4.69) is 23.0 Å². The van der Waals surface area contributed by atoms with Crippen LogP contribution < -0.4 is 0 Å². The summed E-state index contributed by atoms with van der Waals surface area (Å²) in [5.41, 5.74) is 1.36. The Morgan fingerprint density at radius 3 is 2.16 bits per heavy atom. The molecule has 25 heavy (non-hydrogen) atoms. The molecule has 1 fully saturated rings. The third kappa shape index (κ3) is 9.82. The second-order valence-electron chi connectivity index (χ2n) is 6.48. The molecular formula is C19H30N2O4. The zero-order chi connectivity index (χ0) is 18.5. The van der Waals surface area contributed by atoms with E-state index in [1.54, 1.807) is 0 Å². The molecule has 2 heterocycles. The van der Waals surface area contributed by atoms with Gasteiger partial charge in [-0.2, -0.15) is 0 Å². The first-order valence-corrected chi connectivity index (χ1v) is 9.04. The zero-order valence-electron chi connectivity index (χ0n) is 15.1. The van der Waals surface area contributed by atoms with Crippen molar-refractivity contribution >= 4 is 11.9 Å². The van der Waals surface area contributed by atoms with E-state index in [-0.39, 0.29) is 12.8 Å². The van der Waals surface area contributed by atoms with E-state index >= 15 is 0 Å². The van der Waals surface area contributed by atoms with Crippen molar-refractivity contribution < 1.29 is 19.8 Å². The standard InChI is InChI=1S/C10H14N2.C9H16O4/c1-12-7-3-5-10(12)9-4-2-6-11-8-9;10-8(11)6-4-2-1-3-5-7-9(12)13/h2,4,6,8,10H,3,5,7H2,1H3;1-7H2,(H,10,11)(H,12,13). The van der Waals surface area contributed by atoms with Crippen molar-refractivity contribution in [1.29, 1.82) is 0 Å². The zero-order valence-corrected chi connectivity index (χ0v) is 15.1. The quantitative estimate of drug-likeness (QED) is 0.659. The first kappa shape index (κ1) is 21.1. The molecular weight excluding hydrogens is 320 g/mol. The van der Waals surface area contributed by atoms with Crippen LogP contribution in [-0.4, -0.2) is 45.6 Å². The molecule has 0 spiro atoms. The highest BCUT2D eigenvalue weighted by Gasteiger charge is 2.21. The average Bonchev–Trinajstić information content (AvgIpc) is 3.01. The molecule has 2 N–H and O–H groups in total. The molecule has 1 aliphatic heterocycles. The van der Waals surface area contributed by atoms with Crippen molar-refractivity contribution in [2.75, 3.05) is 13.6 Å². The van der Waals surface area contributed by atoms with E-state index in [4.69, 9.17) is 10.2 Å². The van der Waals surface area contributed by atoms with Gasteiger partial charge in [-0.05, 0) is 50.9 Å². The van der Waals surface area contributed by atoms with Gasteiger partial charge in [0.15, 0.2) is 0 Å². The number of likely N-dealkylation sites (tertiary alicyclic amines) is 1. The molecule has 0 aromatic carbocycles. The first-order chi connectivity index (χ1) is 12.0. The largest absolute Gasteiger partial charge is 0.481 e. The maximum absolute atomic E-state index is 10.1. The predicted molar refractivity (Wildman–Crippen MR) is 96.4 cm³/mol. The van der Waals surface area contributed by atoms with Crippen molar-refractivity contribution in [1.82, 2.24) is 9.88 Å². The smallest absolute Gasteiger partial charge is 0.303 e. The lowest BCUT2D eigenvalue weighted by Gasteiger charge is -2.18. The number of carbonyl (C=O) groups is 2. The van der Waals surface area contributed by atoms with Crippen LogP contribution in [0.15, 0.2) is 24.5 Å². The maximum Gasteiger partial charge on any atom is 0.303 e. The van der Waals surface area contributed by atoms with Crippen LogP contribution in [0.5, 0.6) is 0 Å². The third-order valence-corrected chi connectivity index (χ3v) is 4.37. The normalized spacial score (nSPS) is 16.9. The number of rotatable bonds is 9. The van der Waals surface area contributed by atoms with Crippen LogP contribution in [-0.2, 0) is 9.59 Å². The number of aromatic nitrogens is 1. The van der Waals surface area contributed by atoms with Gasteiger partial charge in [-0.25, -0.2) is 0 Å². The summed E-state index contributed by atoms with van der Waals surface area (Å²) in [5.74, 6) is -1.52. The highest BCUT2D eigenvalue weighted by Crippen LogP contribution is 2.29. The molecule has 0 radical (unpaired) electrons. The van der Waals surface area contributed by atoms with E-state index < -0.39 is 11.9 Å². The summed E-state index contributed by atoms with van der Waals surface area (Å²) in [4.78, 5) is 26.7. The Hall–Kier alpha value is -1.95. The van der Waals surface area contributed by atoms with Crippen LogP contribution in [0.1, 0.15) is 69.4 Å². The summed E-state index contributed by atoms with van der Waals surface area (Å²) in [5, 5.41) is 16.6. The number of unbranched alkanes of at least 4 members (excludes halogenated alkanes) is 4. The second kappa shape index (κ2) is 12.4. The van der Waals surface area contributed by atoms with Crippen LogP contribution in [0.4, 0.5) is 0 Å². The van der Waals surface area contributed by atoms with Gasteiger partial charge in [0.1, 0.15) is 0 Å². The fourth-order valence-electron chi connectivity index (χ4n) is 2.99. The van der Waals surface area contributed by atoms with Crippen LogP contribution >= 0.6 is 0 Å². The Bertz CT molecular complexity index is 489. The minimum absolute atomic E-state index is 0.221. The van der Waals surface area contributed by atoms with Gasteiger partial charge >= 0.3 is 11.9 Å². The monoisotopic (exact) mass is 350 g/mol. The molecule has 6 nitrogen and oxygen atoms in total. The third-order valence-electron chi connectivity index (χ3n) is 4.37. The summed E-state index contributed by atoms with van der Waals surface area (Å²) in [7, 11) is 2.19. The van der Waals surface area contributed by atoms with Gasteiger partial charge < -0.3 is 10.2 Å². The van der Waals surface area contributed by atoms with E-state index in [0.29, 0.717) is 18.9 Å². The molecule has 2 rings (SSSR count). The van der Waals surface area contributed by atoms with Gasteiger partial charge in [-0.1, -0.05) is 25.3 Å². The fraction of sp³-hybridized carbons (Fsp3) is 0.632. The van der Waals surface area contributed by atoms with Crippen molar-refractivity contribution in [2.45, 2.75) is 63.8 Å². The van der Waals surface area contributed by atoms with E-state index in [1.807, 2.05) is 18.5 Å². The average molecular weight is 350 g/mol. The molecule has 1 atom stereocenters. The maximum atomic E-state index is 10.1. The first-order valence-electron chi connectivity index (χ1n) is 9.04. The summed E-state index contributed by atoms with van der Waals surface area (Å²) >= 11 is 0. The van der Waals surface area contributed by atoms with Crippen LogP contribution in [0.25, 0.3) is 0 Å². The molecule has 0 amide bonds. The number of aliphatic carboxylic acids is 2. The number of hydrogen-bond acceptors (Lipinski definition) is 4. The molecule has 1 aromatic rings. The Labute approximate surface area is 149 Å². The molecule has 1 unspecified atom stereocenters. The van der Waals surface area contributed by atoms with Crippen LogP contribution in [0.3, 0.4) is 0 Å². The molecule has 140 valence electrons.